The van der Waals surface area contributed by atoms with Gasteiger partial charge in [0.05, 0.1) is 0 Å². The second kappa shape index (κ2) is 8.37. The summed E-state index contributed by atoms with van der Waals surface area (Å²) in [5, 5.41) is 3.90. The van der Waals surface area contributed by atoms with E-state index in [2.05, 4.69) is 42.6 Å². The van der Waals surface area contributed by atoms with Crippen molar-refractivity contribution in [2.45, 2.75) is 20.3 Å². The molecule has 0 aliphatic carbocycles. The molecule has 0 aliphatic heterocycles. The number of rotatable bonds is 7. The normalized spacial score (nSPS) is 10.7. The summed E-state index contributed by atoms with van der Waals surface area (Å²) in [6, 6.07) is 14.8. The Morgan fingerprint density at radius 3 is 2.36 bits per heavy atom. The largest absolute Gasteiger partial charge is 0.426 e. The average Bonchev–Trinajstić information content (AvgIpc) is 2.55. The molecule has 22 heavy (non-hydrogen) atoms. The van der Waals surface area contributed by atoms with Crippen LogP contribution in [0.1, 0.15) is 18.1 Å². The van der Waals surface area contributed by atoms with Crippen LogP contribution in [0.15, 0.2) is 42.5 Å². The van der Waals surface area contributed by atoms with Crippen LogP contribution in [0.5, 0.6) is 0 Å². The lowest BCUT2D eigenvalue weighted by molar-refractivity contribution is 0.333. The maximum absolute atomic E-state index is 6.29. The molecule has 2 aromatic carbocycles. The molecule has 0 atom stereocenters. The molecule has 0 bridgehead atoms. The molecule has 0 fully saturated rings. The number of hydrogen-bond acceptors (Lipinski definition) is 2. The number of hydrogen-bond donors (Lipinski definition) is 1. The first-order valence-corrected chi connectivity index (χ1v) is 8.14. The van der Waals surface area contributed by atoms with Gasteiger partial charge in [0.2, 0.25) is 0 Å². The Kier molecular flexibility index (Phi) is 6.50. The number of aryl methyl sites for hydroxylation is 2. The molecule has 0 unspecified atom stereocenters. The van der Waals surface area contributed by atoms with Crippen molar-refractivity contribution < 1.29 is 4.65 Å². The topological polar surface area (TPSA) is 21.3 Å². The van der Waals surface area contributed by atoms with Gasteiger partial charge in [0.25, 0.3) is 0 Å². The van der Waals surface area contributed by atoms with E-state index >= 15 is 0 Å². The molecule has 2 aromatic rings. The summed E-state index contributed by atoms with van der Waals surface area (Å²) < 4.78 is 6.10. The number of nitrogens with one attached hydrogen (secondary N) is 1. The molecule has 116 valence electrons. The van der Waals surface area contributed by atoms with Crippen LogP contribution >= 0.6 is 11.6 Å². The maximum atomic E-state index is 6.29. The minimum absolute atomic E-state index is 0.0858. The third kappa shape index (κ3) is 4.36. The molecule has 2 rings (SSSR count). The highest BCUT2D eigenvalue weighted by Gasteiger charge is 2.21. The van der Waals surface area contributed by atoms with Gasteiger partial charge in [-0.25, -0.2) is 0 Å². The van der Waals surface area contributed by atoms with E-state index in [0.29, 0.717) is 6.61 Å². The molecule has 0 saturated heterocycles. The van der Waals surface area contributed by atoms with Crippen molar-refractivity contribution in [3.8, 4) is 0 Å². The minimum Gasteiger partial charge on any atom is -0.426 e. The van der Waals surface area contributed by atoms with E-state index in [0.717, 1.165) is 34.5 Å². The van der Waals surface area contributed by atoms with Crippen molar-refractivity contribution in [2.75, 3.05) is 20.2 Å². The molecule has 0 spiro atoms. The molecule has 0 amide bonds. The molecule has 0 heterocycles. The van der Waals surface area contributed by atoms with Crippen molar-refractivity contribution in [1.82, 2.24) is 5.32 Å². The molecule has 0 aromatic heterocycles. The second-order valence-corrected chi connectivity index (χ2v) is 5.87. The summed E-state index contributed by atoms with van der Waals surface area (Å²) in [6.07, 6.45) is 1.04. The van der Waals surface area contributed by atoms with Crippen molar-refractivity contribution >= 4 is 29.4 Å². The van der Waals surface area contributed by atoms with Crippen LogP contribution in [0.2, 0.25) is 5.02 Å². The molecule has 0 radical (unpaired) electrons. The highest BCUT2D eigenvalue weighted by Crippen LogP contribution is 2.12. The van der Waals surface area contributed by atoms with Gasteiger partial charge < -0.3 is 9.97 Å². The van der Waals surface area contributed by atoms with E-state index in [1.54, 1.807) is 0 Å². The lowest BCUT2D eigenvalue weighted by Crippen LogP contribution is -2.46. The van der Waals surface area contributed by atoms with Crippen LogP contribution in [-0.4, -0.2) is 27.1 Å². The van der Waals surface area contributed by atoms with E-state index in [-0.39, 0.29) is 6.92 Å². The zero-order chi connectivity index (χ0) is 15.9. The highest BCUT2D eigenvalue weighted by molar-refractivity contribution is 6.80. The lowest BCUT2D eigenvalue weighted by atomic mass is 9.55. The van der Waals surface area contributed by atoms with Gasteiger partial charge >= 0.3 is 6.92 Å². The van der Waals surface area contributed by atoms with Crippen molar-refractivity contribution in [1.29, 1.82) is 0 Å². The van der Waals surface area contributed by atoms with E-state index in [4.69, 9.17) is 16.3 Å². The first-order valence-electron chi connectivity index (χ1n) is 7.76. The fourth-order valence-corrected chi connectivity index (χ4v) is 2.55. The Morgan fingerprint density at radius 1 is 1.09 bits per heavy atom. The van der Waals surface area contributed by atoms with Gasteiger partial charge in [-0.05, 0) is 48.5 Å². The molecule has 0 aliphatic rings. The summed E-state index contributed by atoms with van der Waals surface area (Å²) in [5.74, 6) is 0. The zero-order valence-corrected chi connectivity index (χ0v) is 14.3. The predicted octanol–water partition coefficient (Wildman–Crippen LogP) is 2.55. The molecular formula is C18H23BClNO. The molecular weight excluding hydrogens is 292 g/mol. The van der Waals surface area contributed by atoms with Crippen LogP contribution < -0.4 is 16.2 Å². The predicted molar refractivity (Wildman–Crippen MR) is 96.9 cm³/mol. The van der Waals surface area contributed by atoms with E-state index < -0.39 is 0 Å². The van der Waals surface area contributed by atoms with Crippen LogP contribution in [-0.2, 0) is 11.1 Å². The standard InChI is InChI=1S/C18H23BClNO/c1-4-15-6-9-16(10-7-15)19(22-12-11-21-3)17-8-5-14(2)18(20)13-17/h5-10,13,21H,4,11-12H2,1-3H3. The SMILES string of the molecule is CCc1ccc(B(OCCNC)c2ccc(C)c(Cl)c2)cc1. The first-order chi connectivity index (χ1) is 10.7. The van der Waals surface area contributed by atoms with Gasteiger partial charge in [0.15, 0.2) is 0 Å². The fourth-order valence-electron chi connectivity index (χ4n) is 2.36. The highest BCUT2D eigenvalue weighted by atomic mass is 35.5. The van der Waals surface area contributed by atoms with Gasteiger partial charge in [-0.1, -0.05) is 54.9 Å². The summed E-state index contributed by atoms with van der Waals surface area (Å²) in [5.41, 5.74) is 4.67. The Morgan fingerprint density at radius 2 is 1.77 bits per heavy atom. The van der Waals surface area contributed by atoms with Gasteiger partial charge in [0, 0.05) is 18.2 Å². The minimum atomic E-state index is -0.0858. The molecule has 4 heteroatoms. The van der Waals surface area contributed by atoms with Crippen LogP contribution in [0.4, 0.5) is 0 Å². The van der Waals surface area contributed by atoms with Gasteiger partial charge in [-0.3, -0.25) is 0 Å². The average molecular weight is 316 g/mol. The number of benzene rings is 2. The summed E-state index contributed by atoms with van der Waals surface area (Å²) in [4.78, 5) is 0. The maximum Gasteiger partial charge on any atom is 0.361 e. The lowest BCUT2D eigenvalue weighted by Gasteiger charge is -2.16. The van der Waals surface area contributed by atoms with Crippen molar-refractivity contribution in [3.63, 3.8) is 0 Å². The number of halogens is 1. The Bertz CT molecular complexity index is 601. The molecule has 1 N–H and O–H groups in total. The Balaban J connectivity index is 2.29. The third-order valence-corrected chi connectivity index (χ3v) is 4.23. The molecule has 2 nitrogen and oxygen atoms in total. The second-order valence-electron chi connectivity index (χ2n) is 5.46. The third-order valence-electron chi connectivity index (χ3n) is 3.83. The number of likely N-dealkylation sites (N-methyl/N-ethyl adjacent to an activating group) is 1. The summed E-state index contributed by atoms with van der Waals surface area (Å²) in [7, 11) is 1.93. The monoisotopic (exact) mass is 315 g/mol. The van der Waals surface area contributed by atoms with E-state index in [9.17, 15) is 0 Å². The van der Waals surface area contributed by atoms with Crippen molar-refractivity contribution in [2.24, 2.45) is 0 Å². The molecule has 0 saturated carbocycles. The van der Waals surface area contributed by atoms with Crippen LogP contribution in [0, 0.1) is 6.92 Å². The van der Waals surface area contributed by atoms with Crippen molar-refractivity contribution in [3.05, 3.63) is 58.6 Å². The zero-order valence-electron chi connectivity index (χ0n) is 13.5. The van der Waals surface area contributed by atoms with Gasteiger partial charge in [-0.15, -0.1) is 0 Å². The Labute approximate surface area is 139 Å². The van der Waals surface area contributed by atoms with Crippen LogP contribution in [0.3, 0.4) is 0 Å². The van der Waals surface area contributed by atoms with Gasteiger partial charge in [-0.2, -0.15) is 0 Å². The van der Waals surface area contributed by atoms with Gasteiger partial charge in [0.1, 0.15) is 0 Å². The van der Waals surface area contributed by atoms with E-state index in [1.807, 2.05) is 26.1 Å². The smallest absolute Gasteiger partial charge is 0.361 e. The van der Waals surface area contributed by atoms with Crippen LogP contribution in [0.25, 0.3) is 0 Å². The van der Waals surface area contributed by atoms with E-state index in [1.165, 1.54) is 5.56 Å². The first kappa shape index (κ1) is 17.1. The fraction of sp³-hybridized carbons (Fsp3) is 0.333. The summed E-state index contributed by atoms with van der Waals surface area (Å²) in [6.45, 7) is 5.57. The Hall–Kier alpha value is -1.29. The quantitative estimate of drug-likeness (QED) is 0.626. The summed E-state index contributed by atoms with van der Waals surface area (Å²) >= 11 is 6.29.